The topological polar surface area (TPSA) is 0 Å². The van der Waals surface area contributed by atoms with Gasteiger partial charge in [-0.1, -0.05) is 70.2 Å². The molecule has 0 radical (unpaired) electrons. The molecule has 1 aromatic carbocycles. The highest BCUT2D eigenvalue weighted by Gasteiger charge is 2.29. The van der Waals surface area contributed by atoms with Gasteiger partial charge in [0, 0.05) is 0 Å². The molecule has 1 aromatic rings. The second-order valence-electron chi connectivity index (χ2n) is 5.62. The molecule has 0 spiro atoms. The van der Waals surface area contributed by atoms with Gasteiger partial charge in [0.1, 0.15) is 0 Å². The van der Waals surface area contributed by atoms with Crippen molar-refractivity contribution in [2.24, 2.45) is 0 Å². The van der Waals surface area contributed by atoms with Gasteiger partial charge >= 0.3 is 0 Å². The Balaban J connectivity index is 3.24. The Bertz CT molecular complexity index is 324. The predicted octanol–water partition coefficient (Wildman–Crippen LogP) is 4.14. The maximum Gasteiger partial charge on any atom is 0.0835 e. The number of hydrogen-bond donors (Lipinski definition) is 0. The van der Waals surface area contributed by atoms with Crippen LogP contribution in [0.1, 0.15) is 39.2 Å². The monoisotopic (exact) mass is 220 g/mol. The van der Waals surface area contributed by atoms with Crippen LogP contribution in [0.4, 0.5) is 0 Å². The summed E-state index contributed by atoms with van der Waals surface area (Å²) in [5, 5.41) is 1.65. The number of rotatable bonds is 3. The van der Waals surface area contributed by atoms with E-state index in [0.717, 1.165) is 5.54 Å². The fourth-order valence-corrected chi connectivity index (χ4v) is 4.16. The van der Waals surface area contributed by atoms with E-state index in [-0.39, 0.29) is 0 Å². The van der Waals surface area contributed by atoms with Gasteiger partial charge in [0.05, 0.1) is 8.07 Å². The molecule has 0 fully saturated rings. The van der Waals surface area contributed by atoms with Crippen LogP contribution >= 0.6 is 0 Å². The second-order valence-corrected chi connectivity index (χ2v) is 10.8. The first kappa shape index (κ1) is 12.5. The molecule has 0 aliphatic heterocycles. The van der Waals surface area contributed by atoms with Crippen molar-refractivity contribution in [3.63, 3.8) is 0 Å². The molecule has 84 valence electrons. The summed E-state index contributed by atoms with van der Waals surface area (Å²) in [6.45, 7) is 14.3. The van der Waals surface area contributed by atoms with E-state index in [1.54, 1.807) is 10.8 Å². The van der Waals surface area contributed by atoms with Crippen LogP contribution < -0.4 is 5.19 Å². The van der Waals surface area contributed by atoms with Crippen LogP contribution in [0, 0.1) is 0 Å². The Morgan fingerprint density at radius 1 is 0.933 bits per heavy atom. The van der Waals surface area contributed by atoms with E-state index in [0.29, 0.717) is 5.92 Å². The molecule has 0 saturated heterocycles. The lowest BCUT2D eigenvalue weighted by Gasteiger charge is -2.30. The summed E-state index contributed by atoms with van der Waals surface area (Å²) >= 11 is 0. The molecule has 0 saturated carbocycles. The summed E-state index contributed by atoms with van der Waals surface area (Å²) in [7, 11) is -1.26. The molecule has 0 aliphatic rings. The standard InChI is InChI=1S/C14H24Si/c1-11(2)13-9-7-8-10-14(13)15(5,6)12(3)4/h7-12H,1-6H3. The van der Waals surface area contributed by atoms with Crippen molar-refractivity contribution in [3.8, 4) is 0 Å². The van der Waals surface area contributed by atoms with Gasteiger partial charge in [-0.3, -0.25) is 0 Å². The van der Waals surface area contributed by atoms with E-state index in [9.17, 15) is 0 Å². The molecule has 0 aromatic heterocycles. The quantitative estimate of drug-likeness (QED) is 0.672. The Labute approximate surface area is 95.7 Å². The number of hydrogen-bond acceptors (Lipinski definition) is 0. The average Bonchev–Trinajstić information content (AvgIpc) is 2.17. The van der Waals surface area contributed by atoms with E-state index in [1.807, 2.05) is 0 Å². The smallest absolute Gasteiger partial charge is 0.0652 e. The molecule has 0 amide bonds. The molecule has 0 aliphatic carbocycles. The zero-order chi connectivity index (χ0) is 11.6. The Morgan fingerprint density at radius 2 is 1.47 bits per heavy atom. The Morgan fingerprint density at radius 3 is 1.93 bits per heavy atom. The lowest BCUT2D eigenvalue weighted by Crippen LogP contribution is -2.46. The van der Waals surface area contributed by atoms with Gasteiger partial charge in [0.2, 0.25) is 0 Å². The Kier molecular flexibility index (Phi) is 3.77. The first-order chi connectivity index (χ1) is 6.87. The van der Waals surface area contributed by atoms with Crippen molar-refractivity contribution in [2.45, 2.75) is 52.2 Å². The van der Waals surface area contributed by atoms with Gasteiger partial charge in [-0.05, 0) is 17.0 Å². The summed E-state index contributed by atoms with van der Waals surface area (Å²) in [4.78, 5) is 0. The fourth-order valence-electron chi connectivity index (χ4n) is 1.90. The molecule has 1 heteroatoms. The third-order valence-electron chi connectivity index (χ3n) is 3.72. The van der Waals surface area contributed by atoms with E-state index >= 15 is 0 Å². The van der Waals surface area contributed by atoms with Gasteiger partial charge in [-0.15, -0.1) is 0 Å². The molecule has 0 bridgehead atoms. The molecule has 0 atom stereocenters. The lowest BCUT2D eigenvalue weighted by molar-refractivity contribution is 0.870. The zero-order valence-corrected chi connectivity index (χ0v) is 12.0. The van der Waals surface area contributed by atoms with Gasteiger partial charge in [-0.2, -0.15) is 0 Å². The van der Waals surface area contributed by atoms with Crippen molar-refractivity contribution < 1.29 is 0 Å². The van der Waals surface area contributed by atoms with Crippen LogP contribution in [-0.4, -0.2) is 8.07 Å². The largest absolute Gasteiger partial charge is 0.0835 e. The van der Waals surface area contributed by atoms with E-state index in [1.165, 1.54) is 0 Å². The van der Waals surface area contributed by atoms with Crippen molar-refractivity contribution >= 4 is 13.3 Å². The summed E-state index contributed by atoms with van der Waals surface area (Å²) in [6.07, 6.45) is 0. The molecule has 0 nitrogen and oxygen atoms in total. The highest BCUT2D eigenvalue weighted by atomic mass is 28.3. The molecule has 15 heavy (non-hydrogen) atoms. The molecular weight excluding hydrogens is 196 g/mol. The first-order valence-electron chi connectivity index (χ1n) is 5.96. The van der Waals surface area contributed by atoms with Crippen LogP contribution in [0.2, 0.25) is 18.6 Å². The normalized spacial score (nSPS) is 12.5. The minimum absolute atomic E-state index is 0.645. The fraction of sp³-hybridized carbons (Fsp3) is 0.571. The van der Waals surface area contributed by atoms with Crippen LogP contribution in [0.3, 0.4) is 0 Å². The first-order valence-corrected chi connectivity index (χ1v) is 9.04. The van der Waals surface area contributed by atoms with Crippen LogP contribution in [0.15, 0.2) is 24.3 Å². The summed E-state index contributed by atoms with van der Waals surface area (Å²) in [5.74, 6) is 0.645. The zero-order valence-electron chi connectivity index (χ0n) is 11.0. The van der Waals surface area contributed by atoms with E-state index < -0.39 is 8.07 Å². The maximum atomic E-state index is 2.48. The van der Waals surface area contributed by atoms with Crippen LogP contribution in [0.5, 0.6) is 0 Å². The van der Waals surface area contributed by atoms with Gasteiger partial charge in [0.15, 0.2) is 0 Å². The van der Waals surface area contributed by atoms with Crippen molar-refractivity contribution in [2.75, 3.05) is 0 Å². The maximum absolute atomic E-state index is 2.48. The van der Waals surface area contributed by atoms with Crippen molar-refractivity contribution in [1.29, 1.82) is 0 Å². The lowest BCUT2D eigenvalue weighted by atomic mass is 10.0. The highest BCUT2D eigenvalue weighted by molar-refractivity contribution is 6.91. The third-order valence-corrected chi connectivity index (χ3v) is 8.45. The third kappa shape index (κ3) is 2.51. The molecule has 0 heterocycles. The predicted molar refractivity (Wildman–Crippen MR) is 72.7 cm³/mol. The van der Waals surface area contributed by atoms with Crippen LogP contribution in [0.25, 0.3) is 0 Å². The summed E-state index contributed by atoms with van der Waals surface area (Å²) < 4.78 is 0. The van der Waals surface area contributed by atoms with Crippen LogP contribution in [-0.2, 0) is 0 Å². The van der Waals surface area contributed by atoms with Gasteiger partial charge in [-0.25, -0.2) is 0 Å². The molecule has 0 unspecified atom stereocenters. The average molecular weight is 220 g/mol. The van der Waals surface area contributed by atoms with Crippen molar-refractivity contribution in [3.05, 3.63) is 29.8 Å². The van der Waals surface area contributed by atoms with E-state index in [4.69, 9.17) is 0 Å². The van der Waals surface area contributed by atoms with Gasteiger partial charge in [0.25, 0.3) is 0 Å². The Hall–Kier alpha value is -0.563. The van der Waals surface area contributed by atoms with Gasteiger partial charge < -0.3 is 0 Å². The second kappa shape index (κ2) is 4.52. The minimum atomic E-state index is -1.26. The summed E-state index contributed by atoms with van der Waals surface area (Å²) in [5.41, 5.74) is 2.36. The molecule has 0 N–H and O–H groups in total. The minimum Gasteiger partial charge on any atom is -0.0652 e. The van der Waals surface area contributed by atoms with E-state index in [2.05, 4.69) is 65.1 Å². The van der Waals surface area contributed by atoms with Crippen molar-refractivity contribution in [1.82, 2.24) is 0 Å². The number of benzene rings is 1. The molecular formula is C14H24Si. The SMILES string of the molecule is CC(C)c1ccccc1[Si](C)(C)C(C)C. The highest BCUT2D eigenvalue weighted by Crippen LogP contribution is 2.24. The molecule has 1 rings (SSSR count). The summed E-state index contributed by atoms with van der Waals surface area (Å²) in [6, 6.07) is 9.01.